The first kappa shape index (κ1) is 14.0. The van der Waals surface area contributed by atoms with Gasteiger partial charge in [-0.05, 0) is 29.1 Å². The third kappa shape index (κ3) is 2.72. The molecule has 0 heterocycles. The van der Waals surface area contributed by atoms with Gasteiger partial charge in [0, 0.05) is 5.39 Å². The van der Waals surface area contributed by atoms with E-state index in [1.807, 2.05) is 60.7 Å². The van der Waals surface area contributed by atoms with Crippen molar-refractivity contribution < 1.29 is 9.47 Å². The van der Waals surface area contributed by atoms with Crippen LogP contribution in [-0.2, 0) is 6.61 Å². The average molecular weight is 289 g/mol. The second-order valence-corrected chi connectivity index (χ2v) is 4.91. The zero-order valence-electron chi connectivity index (χ0n) is 12.2. The molecule has 22 heavy (non-hydrogen) atoms. The number of methoxy groups -OCH3 is 1. The number of benzene rings is 3. The van der Waals surface area contributed by atoms with E-state index in [1.165, 1.54) is 0 Å². The molecule has 0 fully saturated rings. The summed E-state index contributed by atoms with van der Waals surface area (Å²) in [5.74, 6) is 1.42. The second kappa shape index (κ2) is 6.19. The second-order valence-electron chi connectivity index (χ2n) is 4.91. The van der Waals surface area contributed by atoms with Crippen LogP contribution in [0.3, 0.4) is 0 Å². The Kier molecular flexibility index (Phi) is 3.93. The summed E-state index contributed by atoms with van der Waals surface area (Å²) in [6.07, 6.45) is 0. The van der Waals surface area contributed by atoms with Crippen LogP contribution < -0.4 is 9.47 Å². The van der Waals surface area contributed by atoms with E-state index >= 15 is 0 Å². The summed E-state index contributed by atoms with van der Waals surface area (Å²) in [6.45, 7) is 0.414. The summed E-state index contributed by atoms with van der Waals surface area (Å²) in [7, 11) is 1.64. The van der Waals surface area contributed by atoms with Crippen molar-refractivity contribution in [3.63, 3.8) is 0 Å². The fraction of sp³-hybridized carbons (Fsp3) is 0.105. The number of nitrogens with zero attached hydrogens (tertiary/aromatic N) is 1. The van der Waals surface area contributed by atoms with Gasteiger partial charge in [-0.25, -0.2) is 0 Å². The van der Waals surface area contributed by atoms with E-state index in [0.717, 1.165) is 22.1 Å². The monoisotopic (exact) mass is 289 g/mol. The molecule has 0 spiro atoms. The molecule has 0 radical (unpaired) electrons. The number of hydrogen-bond acceptors (Lipinski definition) is 3. The summed E-state index contributed by atoms with van der Waals surface area (Å²) in [4.78, 5) is 0. The maximum absolute atomic E-state index is 9.44. The van der Waals surface area contributed by atoms with Crippen LogP contribution in [0.2, 0.25) is 0 Å². The Bertz CT molecular complexity index is 832. The van der Waals surface area contributed by atoms with E-state index < -0.39 is 0 Å². The van der Waals surface area contributed by atoms with Crippen molar-refractivity contribution >= 4 is 10.8 Å². The first-order valence-electron chi connectivity index (χ1n) is 6.99. The van der Waals surface area contributed by atoms with Gasteiger partial charge in [-0.15, -0.1) is 0 Å². The van der Waals surface area contributed by atoms with Gasteiger partial charge in [-0.2, -0.15) is 5.26 Å². The van der Waals surface area contributed by atoms with Crippen LogP contribution in [0.15, 0.2) is 60.7 Å². The predicted molar refractivity (Wildman–Crippen MR) is 86.0 cm³/mol. The Balaban J connectivity index is 1.85. The molecule has 0 aliphatic carbocycles. The summed E-state index contributed by atoms with van der Waals surface area (Å²) in [5, 5.41) is 11.4. The molecule has 108 valence electrons. The lowest BCUT2D eigenvalue weighted by atomic mass is 10.0. The first-order valence-corrected chi connectivity index (χ1v) is 6.99. The molecule has 0 saturated carbocycles. The minimum Gasteiger partial charge on any atom is -0.497 e. The summed E-state index contributed by atoms with van der Waals surface area (Å²) >= 11 is 0. The van der Waals surface area contributed by atoms with Crippen molar-refractivity contribution in [1.82, 2.24) is 0 Å². The van der Waals surface area contributed by atoms with Gasteiger partial charge in [-0.1, -0.05) is 42.5 Å². The van der Waals surface area contributed by atoms with Crippen LogP contribution in [0.1, 0.15) is 11.1 Å². The Labute approximate surface area is 129 Å². The van der Waals surface area contributed by atoms with Crippen molar-refractivity contribution in [2.24, 2.45) is 0 Å². The molecule has 0 bridgehead atoms. The van der Waals surface area contributed by atoms with Crippen molar-refractivity contribution in [2.45, 2.75) is 6.61 Å². The molecule has 0 amide bonds. The van der Waals surface area contributed by atoms with Gasteiger partial charge in [0.25, 0.3) is 0 Å². The molecule has 0 aliphatic rings. The van der Waals surface area contributed by atoms with Gasteiger partial charge >= 0.3 is 0 Å². The Morgan fingerprint density at radius 2 is 1.73 bits per heavy atom. The predicted octanol–water partition coefficient (Wildman–Crippen LogP) is 4.30. The van der Waals surface area contributed by atoms with Gasteiger partial charge in [-0.3, -0.25) is 0 Å². The summed E-state index contributed by atoms with van der Waals surface area (Å²) in [5.41, 5.74) is 1.60. The Morgan fingerprint density at radius 3 is 2.45 bits per heavy atom. The molecule has 0 aliphatic heterocycles. The molecule has 3 nitrogen and oxygen atoms in total. The van der Waals surface area contributed by atoms with E-state index in [-0.39, 0.29) is 0 Å². The fourth-order valence-electron chi connectivity index (χ4n) is 2.37. The minimum atomic E-state index is 0.414. The maximum atomic E-state index is 9.44. The fourth-order valence-corrected chi connectivity index (χ4v) is 2.37. The number of hydrogen-bond donors (Lipinski definition) is 0. The number of fused-ring (bicyclic) bond motifs is 1. The molecule has 0 saturated heterocycles. The van der Waals surface area contributed by atoms with E-state index in [9.17, 15) is 5.26 Å². The normalized spacial score (nSPS) is 10.2. The maximum Gasteiger partial charge on any atom is 0.138 e. The zero-order chi connectivity index (χ0) is 15.4. The van der Waals surface area contributed by atoms with Gasteiger partial charge in [0.2, 0.25) is 0 Å². The van der Waals surface area contributed by atoms with Gasteiger partial charge in [0.1, 0.15) is 29.7 Å². The van der Waals surface area contributed by atoms with Crippen LogP contribution in [0.4, 0.5) is 0 Å². The number of nitriles is 1. The molecule has 0 N–H and O–H groups in total. The molecule has 0 atom stereocenters. The molecule has 0 unspecified atom stereocenters. The largest absolute Gasteiger partial charge is 0.497 e. The molecule has 3 aromatic carbocycles. The highest BCUT2D eigenvalue weighted by molar-refractivity contribution is 5.90. The number of ether oxygens (including phenoxy) is 2. The average Bonchev–Trinajstić information content (AvgIpc) is 2.59. The van der Waals surface area contributed by atoms with Crippen LogP contribution in [0.5, 0.6) is 11.5 Å². The van der Waals surface area contributed by atoms with Crippen LogP contribution in [0, 0.1) is 11.3 Å². The van der Waals surface area contributed by atoms with Crippen LogP contribution >= 0.6 is 0 Å². The highest BCUT2D eigenvalue weighted by Gasteiger charge is 2.08. The third-order valence-corrected chi connectivity index (χ3v) is 3.56. The van der Waals surface area contributed by atoms with Gasteiger partial charge in [0.15, 0.2) is 0 Å². The van der Waals surface area contributed by atoms with Crippen molar-refractivity contribution in [2.75, 3.05) is 7.11 Å². The van der Waals surface area contributed by atoms with Crippen molar-refractivity contribution in [3.05, 3.63) is 71.8 Å². The smallest absolute Gasteiger partial charge is 0.138 e. The lowest BCUT2D eigenvalue weighted by molar-refractivity contribution is 0.305. The summed E-state index contributed by atoms with van der Waals surface area (Å²) in [6, 6.07) is 21.6. The van der Waals surface area contributed by atoms with Gasteiger partial charge in [0.05, 0.1) is 7.11 Å². The minimum absolute atomic E-state index is 0.414. The quantitative estimate of drug-likeness (QED) is 0.719. The Hall–Kier alpha value is -2.99. The third-order valence-electron chi connectivity index (χ3n) is 3.56. The molecular formula is C19H15NO2. The summed E-state index contributed by atoms with van der Waals surface area (Å²) < 4.78 is 11.0. The zero-order valence-corrected chi connectivity index (χ0v) is 12.2. The first-order chi connectivity index (χ1) is 10.8. The van der Waals surface area contributed by atoms with Crippen LogP contribution in [0.25, 0.3) is 10.8 Å². The molecular weight excluding hydrogens is 274 g/mol. The lowest BCUT2D eigenvalue weighted by Gasteiger charge is -2.10. The lowest BCUT2D eigenvalue weighted by Crippen LogP contribution is -1.98. The van der Waals surface area contributed by atoms with E-state index in [2.05, 4.69) is 6.07 Å². The molecule has 3 heteroatoms. The highest BCUT2D eigenvalue weighted by Crippen LogP contribution is 2.28. The van der Waals surface area contributed by atoms with E-state index in [1.54, 1.807) is 7.11 Å². The molecule has 3 rings (SSSR count). The van der Waals surface area contributed by atoms with Crippen molar-refractivity contribution in [3.8, 4) is 17.6 Å². The Morgan fingerprint density at radius 1 is 0.955 bits per heavy atom. The van der Waals surface area contributed by atoms with Crippen molar-refractivity contribution in [1.29, 1.82) is 5.26 Å². The highest BCUT2D eigenvalue weighted by atomic mass is 16.5. The number of rotatable bonds is 4. The standard InChI is InChI=1S/C19H15NO2/c1-21-16-9-6-14(7-10-16)13-22-19-11-8-15-4-2-3-5-17(15)18(19)12-20/h2-11H,13H2,1H3. The van der Waals surface area contributed by atoms with E-state index in [0.29, 0.717) is 17.9 Å². The SMILES string of the molecule is COc1ccc(COc2ccc3ccccc3c2C#N)cc1. The van der Waals surface area contributed by atoms with Crippen LogP contribution in [-0.4, -0.2) is 7.11 Å². The topological polar surface area (TPSA) is 42.2 Å². The van der Waals surface area contributed by atoms with Gasteiger partial charge < -0.3 is 9.47 Å². The molecule has 3 aromatic rings. The molecule has 0 aromatic heterocycles. The van der Waals surface area contributed by atoms with E-state index in [4.69, 9.17) is 9.47 Å².